The fourth-order valence-corrected chi connectivity index (χ4v) is 1.48. The van der Waals surface area contributed by atoms with Crippen molar-refractivity contribution in [3.63, 3.8) is 0 Å². The monoisotopic (exact) mass is 217 g/mol. The molecule has 5 heteroatoms. The van der Waals surface area contributed by atoms with E-state index in [0.717, 1.165) is 25.3 Å². The quantitative estimate of drug-likeness (QED) is 0.806. The van der Waals surface area contributed by atoms with E-state index < -0.39 is 0 Å². The van der Waals surface area contributed by atoms with E-state index in [2.05, 4.69) is 31.8 Å². The predicted molar refractivity (Wildman–Crippen MR) is 60.7 cm³/mol. The third kappa shape index (κ3) is 2.64. The van der Waals surface area contributed by atoms with Crippen LogP contribution in [-0.4, -0.2) is 26.1 Å². The summed E-state index contributed by atoms with van der Waals surface area (Å²) < 4.78 is 2.09. The van der Waals surface area contributed by atoms with E-state index in [4.69, 9.17) is 0 Å². The molecule has 0 aliphatic carbocycles. The van der Waals surface area contributed by atoms with Gasteiger partial charge in [0.05, 0.1) is 24.3 Å². The fourth-order valence-electron chi connectivity index (χ4n) is 1.48. The van der Waals surface area contributed by atoms with Crippen molar-refractivity contribution in [2.24, 2.45) is 0 Å². The molecule has 0 unspecified atom stereocenters. The summed E-state index contributed by atoms with van der Waals surface area (Å²) in [5.41, 5.74) is 2.16. The fraction of sp³-hybridized carbons (Fsp3) is 0.364. The van der Waals surface area contributed by atoms with Gasteiger partial charge in [-0.25, -0.2) is 15.0 Å². The number of aromatic nitrogens is 4. The SMILES string of the molecule is CCNCc1cncn1Cc1ccncn1. The lowest BCUT2D eigenvalue weighted by Gasteiger charge is -2.07. The van der Waals surface area contributed by atoms with Crippen LogP contribution in [0.4, 0.5) is 0 Å². The molecule has 0 radical (unpaired) electrons. The molecular formula is C11H15N5. The van der Waals surface area contributed by atoms with Gasteiger partial charge in [0.25, 0.3) is 0 Å². The number of nitrogens with one attached hydrogen (secondary N) is 1. The van der Waals surface area contributed by atoms with Gasteiger partial charge < -0.3 is 9.88 Å². The maximum atomic E-state index is 4.19. The first-order valence-electron chi connectivity index (χ1n) is 5.34. The summed E-state index contributed by atoms with van der Waals surface area (Å²) in [6.07, 6.45) is 7.03. The topological polar surface area (TPSA) is 55.6 Å². The molecule has 0 saturated carbocycles. The summed E-state index contributed by atoms with van der Waals surface area (Å²) in [4.78, 5) is 12.2. The molecule has 84 valence electrons. The molecule has 16 heavy (non-hydrogen) atoms. The molecular weight excluding hydrogens is 202 g/mol. The largest absolute Gasteiger partial charge is 0.327 e. The molecule has 1 N–H and O–H groups in total. The molecule has 2 aromatic rings. The van der Waals surface area contributed by atoms with Gasteiger partial charge in [-0.15, -0.1) is 0 Å². The Morgan fingerprint density at radius 2 is 2.31 bits per heavy atom. The van der Waals surface area contributed by atoms with Crippen molar-refractivity contribution in [1.29, 1.82) is 0 Å². The van der Waals surface area contributed by atoms with Gasteiger partial charge in [0, 0.05) is 18.9 Å². The van der Waals surface area contributed by atoms with Crippen LogP contribution >= 0.6 is 0 Å². The number of rotatable bonds is 5. The second kappa shape index (κ2) is 5.37. The van der Waals surface area contributed by atoms with E-state index in [1.165, 1.54) is 5.69 Å². The lowest BCUT2D eigenvalue weighted by Crippen LogP contribution is -2.15. The van der Waals surface area contributed by atoms with Gasteiger partial charge in [0.2, 0.25) is 0 Å². The summed E-state index contributed by atoms with van der Waals surface area (Å²) >= 11 is 0. The van der Waals surface area contributed by atoms with Crippen LogP contribution in [0.15, 0.2) is 31.1 Å². The van der Waals surface area contributed by atoms with E-state index >= 15 is 0 Å². The van der Waals surface area contributed by atoms with Crippen LogP contribution in [0.1, 0.15) is 18.3 Å². The highest BCUT2D eigenvalue weighted by molar-refractivity contribution is 5.04. The molecule has 0 bridgehead atoms. The van der Waals surface area contributed by atoms with Crippen molar-refractivity contribution < 1.29 is 0 Å². The van der Waals surface area contributed by atoms with Crippen molar-refractivity contribution >= 4 is 0 Å². The highest BCUT2D eigenvalue weighted by atomic mass is 15.1. The average Bonchev–Trinajstić information content (AvgIpc) is 2.75. The lowest BCUT2D eigenvalue weighted by atomic mass is 10.3. The number of imidazole rings is 1. The first-order valence-corrected chi connectivity index (χ1v) is 5.34. The Morgan fingerprint density at radius 3 is 3.06 bits per heavy atom. The smallest absolute Gasteiger partial charge is 0.115 e. The van der Waals surface area contributed by atoms with Crippen LogP contribution in [0.25, 0.3) is 0 Å². The standard InChI is InChI=1S/C11H15N5/c1-2-12-5-11-6-14-9-16(11)7-10-3-4-13-8-15-10/h3-4,6,8-9,12H,2,5,7H2,1H3. The van der Waals surface area contributed by atoms with Gasteiger partial charge >= 0.3 is 0 Å². The molecule has 2 aromatic heterocycles. The minimum atomic E-state index is 0.739. The molecule has 0 aliphatic heterocycles. The van der Waals surface area contributed by atoms with Gasteiger partial charge in [0.1, 0.15) is 6.33 Å². The van der Waals surface area contributed by atoms with E-state index in [-0.39, 0.29) is 0 Å². The minimum Gasteiger partial charge on any atom is -0.327 e. The molecule has 2 rings (SSSR count). The van der Waals surface area contributed by atoms with Crippen LogP contribution in [0.5, 0.6) is 0 Å². The van der Waals surface area contributed by atoms with Gasteiger partial charge in [0.15, 0.2) is 0 Å². The summed E-state index contributed by atoms with van der Waals surface area (Å²) in [7, 11) is 0. The molecule has 0 fully saturated rings. The second-order valence-electron chi connectivity index (χ2n) is 3.49. The van der Waals surface area contributed by atoms with Gasteiger partial charge in [-0.3, -0.25) is 0 Å². The van der Waals surface area contributed by atoms with Gasteiger partial charge in [-0.1, -0.05) is 6.92 Å². The van der Waals surface area contributed by atoms with Crippen molar-refractivity contribution in [2.75, 3.05) is 6.54 Å². The van der Waals surface area contributed by atoms with Gasteiger partial charge in [-0.05, 0) is 12.6 Å². The lowest BCUT2D eigenvalue weighted by molar-refractivity contribution is 0.650. The van der Waals surface area contributed by atoms with E-state index in [1.54, 1.807) is 12.5 Å². The summed E-state index contributed by atoms with van der Waals surface area (Å²) in [6, 6.07) is 1.91. The summed E-state index contributed by atoms with van der Waals surface area (Å²) in [6.45, 7) is 4.62. The third-order valence-electron chi connectivity index (χ3n) is 2.33. The Bertz CT molecular complexity index is 423. The van der Waals surface area contributed by atoms with Crippen LogP contribution in [-0.2, 0) is 13.1 Å². The first-order chi connectivity index (χ1) is 7.90. The first kappa shape index (κ1) is 10.8. The van der Waals surface area contributed by atoms with Crippen molar-refractivity contribution in [2.45, 2.75) is 20.0 Å². The number of hydrogen-bond donors (Lipinski definition) is 1. The number of nitrogens with zero attached hydrogens (tertiary/aromatic N) is 4. The molecule has 0 aliphatic rings. The van der Waals surface area contributed by atoms with Crippen LogP contribution in [0.3, 0.4) is 0 Å². The second-order valence-corrected chi connectivity index (χ2v) is 3.49. The molecule has 2 heterocycles. The third-order valence-corrected chi connectivity index (χ3v) is 2.33. The van der Waals surface area contributed by atoms with Crippen molar-refractivity contribution in [3.05, 3.63) is 42.5 Å². The molecule has 0 amide bonds. The zero-order chi connectivity index (χ0) is 11.2. The predicted octanol–water partition coefficient (Wildman–Crippen LogP) is 0.831. The highest BCUT2D eigenvalue weighted by Crippen LogP contribution is 2.03. The van der Waals surface area contributed by atoms with Crippen LogP contribution in [0.2, 0.25) is 0 Å². The maximum Gasteiger partial charge on any atom is 0.115 e. The maximum absolute atomic E-state index is 4.19. The van der Waals surface area contributed by atoms with Crippen LogP contribution in [0, 0.1) is 0 Å². The molecule has 0 spiro atoms. The Balaban J connectivity index is 2.07. The van der Waals surface area contributed by atoms with Gasteiger partial charge in [-0.2, -0.15) is 0 Å². The van der Waals surface area contributed by atoms with E-state index in [1.807, 2.05) is 18.6 Å². The highest BCUT2D eigenvalue weighted by Gasteiger charge is 2.02. The Kier molecular flexibility index (Phi) is 3.61. The normalized spacial score (nSPS) is 10.6. The molecule has 0 saturated heterocycles. The van der Waals surface area contributed by atoms with Crippen molar-refractivity contribution in [1.82, 2.24) is 24.8 Å². The van der Waals surface area contributed by atoms with Crippen molar-refractivity contribution in [3.8, 4) is 0 Å². The molecule has 0 atom stereocenters. The summed E-state index contributed by atoms with van der Waals surface area (Å²) in [5.74, 6) is 0. The summed E-state index contributed by atoms with van der Waals surface area (Å²) in [5, 5.41) is 3.28. The average molecular weight is 217 g/mol. The molecule has 0 aromatic carbocycles. The zero-order valence-electron chi connectivity index (χ0n) is 9.30. The minimum absolute atomic E-state index is 0.739. The Morgan fingerprint density at radius 1 is 1.38 bits per heavy atom. The van der Waals surface area contributed by atoms with E-state index in [0.29, 0.717) is 0 Å². The Labute approximate surface area is 94.6 Å². The Hall–Kier alpha value is -1.75. The molecule has 5 nitrogen and oxygen atoms in total. The number of hydrogen-bond acceptors (Lipinski definition) is 4. The van der Waals surface area contributed by atoms with E-state index in [9.17, 15) is 0 Å². The zero-order valence-corrected chi connectivity index (χ0v) is 9.30. The van der Waals surface area contributed by atoms with Crippen LogP contribution < -0.4 is 5.32 Å².